The minimum absolute atomic E-state index is 0.156. The molecule has 32 heavy (non-hydrogen) atoms. The van der Waals surface area contributed by atoms with Gasteiger partial charge in [-0.1, -0.05) is 56.2 Å². The molecule has 5 heteroatoms. The van der Waals surface area contributed by atoms with E-state index in [0.29, 0.717) is 36.4 Å². The molecule has 1 aromatic heterocycles. The largest absolute Gasteiger partial charge is 0.370 e. The van der Waals surface area contributed by atoms with Crippen molar-refractivity contribution < 1.29 is 13.5 Å². The lowest BCUT2D eigenvalue weighted by molar-refractivity contribution is -0.00351. The van der Waals surface area contributed by atoms with E-state index in [9.17, 15) is 8.78 Å². The lowest BCUT2D eigenvalue weighted by Crippen LogP contribution is -2.22. The van der Waals surface area contributed by atoms with E-state index in [4.69, 9.17) is 4.74 Å². The second-order valence-electron chi connectivity index (χ2n) is 8.68. The van der Waals surface area contributed by atoms with Crippen LogP contribution in [0.4, 0.5) is 8.78 Å². The average Bonchev–Trinajstić information content (AvgIpc) is 2.84. The van der Waals surface area contributed by atoms with Gasteiger partial charge in [0.1, 0.15) is 6.10 Å². The smallest absolute Gasteiger partial charge is 0.162 e. The average molecular weight is 437 g/mol. The maximum Gasteiger partial charge on any atom is 0.162 e. The molecule has 0 bridgehead atoms. The molecular weight excluding hydrogens is 406 g/mol. The number of nitrogens with zero attached hydrogens (tertiary/aromatic N) is 2. The van der Waals surface area contributed by atoms with Crippen LogP contribution in [0.15, 0.2) is 48.8 Å². The van der Waals surface area contributed by atoms with Crippen LogP contribution in [0, 0.1) is 18.6 Å². The van der Waals surface area contributed by atoms with Crippen LogP contribution in [0.3, 0.4) is 0 Å². The predicted octanol–water partition coefficient (Wildman–Crippen LogP) is 7.10. The Morgan fingerprint density at radius 3 is 2.31 bits per heavy atom. The summed E-state index contributed by atoms with van der Waals surface area (Å²) in [5.41, 5.74) is 4.13. The summed E-state index contributed by atoms with van der Waals surface area (Å²) in [5.74, 6) is -1.04. The molecule has 3 nitrogen and oxygen atoms in total. The Morgan fingerprint density at radius 1 is 0.906 bits per heavy atom. The minimum atomic E-state index is -0.766. The van der Waals surface area contributed by atoms with Gasteiger partial charge >= 0.3 is 0 Å². The summed E-state index contributed by atoms with van der Waals surface area (Å²) in [6.45, 7) is 4.11. The van der Waals surface area contributed by atoms with Crippen LogP contribution in [-0.4, -0.2) is 16.6 Å². The summed E-state index contributed by atoms with van der Waals surface area (Å²) in [6, 6.07) is 11.9. The van der Waals surface area contributed by atoms with Crippen molar-refractivity contribution in [1.29, 1.82) is 0 Å². The van der Waals surface area contributed by atoms with Crippen LogP contribution in [0.5, 0.6) is 0 Å². The zero-order valence-electron chi connectivity index (χ0n) is 18.8. The first-order valence-corrected chi connectivity index (χ1v) is 11.5. The molecule has 2 unspecified atom stereocenters. The SMILES string of the molecule is CCCCCc1ccc(-c2cnc(C3CCC(c4ccc(C)c(F)c4F)CO3)nc2)cc1. The van der Waals surface area contributed by atoms with E-state index in [1.54, 1.807) is 19.1 Å². The van der Waals surface area contributed by atoms with Gasteiger partial charge in [-0.2, -0.15) is 0 Å². The molecule has 0 saturated carbocycles. The zero-order valence-corrected chi connectivity index (χ0v) is 18.8. The molecule has 1 aliphatic rings. The predicted molar refractivity (Wildman–Crippen MR) is 122 cm³/mol. The Balaban J connectivity index is 1.37. The van der Waals surface area contributed by atoms with Crippen LogP contribution in [-0.2, 0) is 11.2 Å². The third-order valence-electron chi connectivity index (χ3n) is 6.34. The van der Waals surface area contributed by atoms with Crippen molar-refractivity contribution in [1.82, 2.24) is 9.97 Å². The normalized spacial score (nSPS) is 18.6. The number of ether oxygens (including phenoxy) is 1. The van der Waals surface area contributed by atoms with Gasteiger partial charge in [-0.25, -0.2) is 18.7 Å². The van der Waals surface area contributed by atoms with E-state index < -0.39 is 11.6 Å². The van der Waals surface area contributed by atoms with Gasteiger partial charge in [-0.15, -0.1) is 0 Å². The third kappa shape index (κ3) is 5.04. The summed E-state index contributed by atoms with van der Waals surface area (Å²) < 4.78 is 34.2. The van der Waals surface area contributed by atoms with Crippen molar-refractivity contribution >= 4 is 0 Å². The molecule has 4 rings (SSSR count). The molecule has 2 aromatic carbocycles. The molecule has 1 saturated heterocycles. The summed E-state index contributed by atoms with van der Waals surface area (Å²) in [7, 11) is 0. The lowest BCUT2D eigenvalue weighted by Gasteiger charge is -2.28. The van der Waals surface area contributed by atoms with E-state index in [-0.39, 0.29) is 12.0 Å². The fraction of sp³-hybridized carbons (Fsp3) is 0.407. The number of unbranched alkanes of at least 4 members (excludes halogenated alkanes) is 2. The fourth-order valence-electron chi connectivity index (χ4n) is 4.27. The Kier molecular flexibility index (Phi) is 7.26. The minimum Gasteiger partial charge on any atom is -0.370 e. The number of halogens is 2. The maximum atomic E-state index is 14.3. The molecule has 0 aliphatic carbocycles. The highest BCUT2D eigenvalue weighted by Gasteiger charge is 2.28. The van der Waals surface area contributed by atoms with Gasteiger partial charge in [0, 0.05) is 23.9 Å². The van der Waals surface area contributed by atoms with Crippen molar-refractivity contribution in [2.45, 2.75) is 64.4 Å². The summed E-state index contributed by atoms with van der Waals surface area (Å²) in [6.07, 6.45) is 9.65. The number of hydrogen-bond donors (Lipinski definition) is 0. The van der Waals surface area contributed by atoms with Gasteiger partial charge in [0.2, 0.25) is 0 Å². The Labute approximate surface area is 188 Å². The van der Waals surface area contributed by atoms with Gasteiger partial charge in [0.15, 0.2) is 17.5 Å². The quantitative estimate of drug-likeness (QED) is 0.371. The number of hydrogen-bond acceptors (Lipinski definition) is 3. The van der Waals surface area contributed by atoms with E-state index in [1.165, 1.54) is 24.8 Å². The van der Waals surface area contributed by atoms with Crippen molar-refractivity contribution in [3.63, 3.8) is 0 Å². The standard InChI is InChI=1S/C27H30F2N2O/c1-3-4-5-6-19-8-10-20(11-9-19)22-15-30-27(31-16-22)24-14-12-21(17-32-24)23-13-7-18(2)25(28)26(23)29/h7-11,13,15-16,21,24H,3-6,12,14,17H2,1-2H3. The number of benzene rings is 2. The molecule has 2 atom stereocenters. The van der Waals surface area contributed by atoms with Crippen molar-refractivity contribution in [2.24, 2.45) is 0 Å². The monoisotopic (exact) mass is 436 g/mol. The highest BCUT2D eigenvalue weighted by Crippen LogP contribution is 2.36. The zero-order chi connectivity index (χ0) is 22.5. The Morgan fingerprint density at radius 2 is 1.66 bits per heavy atom. The van der Waals surface area contributed by atoms with Crippen LogP contribution in [0.25, 0.3) is 11.1 Å². The molecular formula is C27H30F2N2O. The number of aromatic nitrogens is 2. The summed E-state index contributed by atoms with van der Waals surface area (Å²) >= 11 is 0. The molecule has 1 fully saturated rings. The fourth-order valence-corrected chi connectivity index (χ4v) is 4.27. The maximum absolute atomic E-state index is 14.3. The van der Waals surface area contributed by atoms with Crippen LogP contribution in [0.1, 0.15) is 73.6 Å². The Hall–Kier alpha value is -2.66. The van der Waals surface area contributed by atoms with Gasteiger partial charge in [-0.05, 0) is 54.9 Å². The second kappa shape index (κ2) is 10.3. The van der Waals surface area contributed by atoms with Crippen LogP contribution < -0.4 is 0 Å². The molecule has 1 aliphatic heterocycles. The highest BCUT2D eigenvalue weighted by atomic mass is 19.2. The third-order valence-corrected chi connectivity index (χ3v) is 6.34. The molecule has 0 radical (unpaired) electrons. The molecule has 3 aromatic rings. The molecule has 0 N–H and O–H groups in total. The second-order valence-corrected chi connectivity index (χ2v) is 8.68. The van der Waals surface area contributed by atoms with Gasteiger partial charge in [-0.3, -0.25) is 0 Å². The lowest BCUT2D eigenvalue weighted by atomic mass is 9.90. The van der Waals surface area contributed by atoms with Gasteiger partial charge < -0.3 is 4.74 Å². The van der Waals surface area contributed by atoms with Crippen molar-refractivity contribution in [2.75, 3.05) is 6.61 Å². The van der Waals surface area contributed by atoms with Crippen LogP contribution >= 0.6 is 0 Å². The topological polar surface area (TPSA) is 35.0 Å². The molecule has 168 valence electrons. The van der Waals surface area contributed by atoms with Gasteiger partial charge in [0.25, 0.3) is 0 Å². The van der Waals surface area contributed by atoms with Crippen molar-refractivity contribution in [3.05, 3.63) is 82.9 Å². The molecule has 0 amide bonds. The highest BCUT2D eigenvalue weighted by molar-refractivity contribution is 5.61. The number of aryl methyl sites for hydroxylation is 2. The molecule has 0 spiro atoms. The van der Waals surface area contributed by atoms with E-state index in [0.717, 1.165) is 17.5 Å². The molecule has 2 heterocycles. The summed E-state index contributed by atoms with van der Waals surface area (Å²) in [5, 5.41) is 0. The van der Waals surface area contributed by atoms with E-state index in [1.807, 2.05) is 12.4 Å². The van der Waals surface area contributed by atoms with E-state index >= 15 is 0 Å². The first-order valence-electron chi connectivity index (χ1n) is 11.5. The number of rotatable bonds is 7. The Bertz CT molecular complexity index is 1030. The van der Waals surface area contributed by atoms with Gasteiger partial charge in [0.05, 0.1) is 6.61 Å². The first kappa shape index (κ1) is 22.5. The van der Waals surface area contributed by atoms with Crippen molar-refractivity contribution in [3.8, 4) is 11.1 Å². The summed E-state index contributed by atoms with van der Waals surface area (Å²) in [4.78, 5) is 9.07. The van der Waals surface area contributed by atoms with Crippen LogP contribution in [0.2, 0.25) is 0 Å². The van der Waals surface area contributed by atoms with E-state index in [2.05, 4.69) is 41.2 Å². The first-order chi connectivity index (χ1) is 15.6.